The molecule has 0 radical (unpaired) electrons. The van der Waals surface area contributed by atoms with Gasteiger partial charge in [-0.2, -0.15) is 0 Å². The van der Waals surface area contributed by atoms with Crippen molar-refractivity contribution in [2.24, 2.45) is 0 Å². The van der Waals surface area contributed by atoms with Crippen LogP contribution in [0.15, 0.2) is 0 Å². The van der Waals surface area contributed by atoms with E-state index in [1.807, 2.05) is 0 Å². The molecule has 5 heteroatoms. The Morgan fingerprint density at radius 2 is 1.72 bits per heavy atom. The van der Waals surface area contributed by atoms with Gasteiger partial charge in [-0.05, 0) is 6.42 Å². The number of hydrogen-bond donors (Lipinski definition) is 2. The Balaban J connectivity index is 3.53. The van der Waals surface area contributed by atoms with Crippen LogP contribution in [0.4, 0.5) is 0 Å². The molecule has 0 fully saturated rings. The van der Waals surface area contributed by atoms with Crippen molar-refractivity contribution < 1.29 is 24.5 Å². The van der Waals surface area contributed by atoms with Gasteiger partial charge < -0.3 is 14.9 Å². The summed E-state index contributed by atoms with van der Waals surface area (Å²) in [5.74, 6) is -1.48. The van der Waals surface area contributed by atoms with Gasteiger partial charge in [-0.25, -0.2) is 4.79 Å². The molecule has 0 saturated carbocycles. The van der Waals surface area contributed by atoms with Gasteiger partial charge in [0.25, 0.3) is 0 Å². The topological polar surface area (TPSA) is 83.8 Å². The predicted octanol–water partition coefficient (Wildman–Crippen LogP) is 1.20. The van der Waals surface area contributed by atoms with E-state index in [-0.39, 0.29) is 13.0 Å². The normalized spacial score (nSPS) is 12.2. The van der Waals surface area contributed by atoms with Gasteiger partial charge in [0.15, 0.2) is 0 Å². The maximum absolute atomic E-state index is 11.3. The Morgan fingerprint density at radius 3 is 2.33 bits per heavy atom. The molecule has 106 valence electrons. The van der Waals surface area contributed by atoms with E-state index in [9.17, 15) is 9.59 Å². The number of carbonyl (C=O) groups excluding carboxylic acids is 2. The van der Waals surface area contributed by atoms with Crippen molar-refractivity contribution in [3.63, 3.8) is 0 Å². The van der Waals surface area contributed by atoms with Crippen LogP contribution in [-0.2, 0) is 14.3 Å². The van der Waals surface area contributed by atoms with Crippen molar-refractivity contribution >= 4 is 11.8 Å². The second-order valence-corrected chi connectivity index (χ2v) is 4.38. The first-order chi connectivity index (χ1) is 8.61. The number of rotatable bonds is 11. The van der Waals surface area contributed by atoms with Gasteiger partial charge in [-0.1, -0.05) is 39.0 Å². The van der Waals surface area contributed by atoms with Crippen molar-refractivity contribution in [1.82, 2.24) is 0 Å². The van der Waals surface area contributed by atoms with E-state index < -0.39 is 24.5 Å². The predicted molar refractivity (Wildman–Crippen MR) is 67.1 cm³/mol. The number of Topliss-reactive ketones (excluding diaryl/α,β-unsaturated/α-hetero) is 1. The highest BCUT2D eigenvalue weighted by molar-refractivity contribution is 6.33. The molecule has 0 spiro atoms. The SMILES string of the molecule is CCCCCCCCC(=O)C(=O)OCC(O)CO. The van der Waals surface area contributed by atoms with Crippen molar-refractivity contribution in [2.75, 3.05) is 13.2 Å². The molecule has 0 rings (SSSR count). The zero-order valence-electron chi connectivity index (χ0n) is 11.1. The van der Waals surface area contributed by atoms with Crippen LogP contribution in [0.25, 0.3) is 0 Å². The van der Waals surface area contributed by atoms with E-state index in [0.29, 0.717) is 6.42 Å². The van der Waals surface area contributed by atoms with Gasteiger partial charge in [-0.3, -0.25) is 4.79 Å². The summed E-state index contributed by atoms with van der Waals surface area (Å²) < 4.78 is 4.55. The first-order valence-electron chi connectivity index (χ1n) is 6.60. The van der Waals surface area contributed by atoms with Crippen LogP contribution >= 0.6 is 0 Å². The van der Waals surface area contributed by atoms with Gasteiger partial charge in [0.1, 0.15) is 12.7 Å². The molecule has 0 bridgehead atoms. The number of ketones is 1. The molecular formula is C13H24O5. The van der Waals surface area contributed by atoms with E-state index in [1.165, 1.54) is 12.8 Å². The highest BCUT2D eigenvalue weighted by Gasteiger charge is 2.16. The Morgan fingerprint density at radius 1 is 1.11 bits per heavy atom. The lowest BCUT2D eigenvalue weighted by Gasteiger charge is -2.07. The monoisotopic (exact) mass is 260 g/mol. The lowest BCUT2D eigenvalue weighted by atomic mass is 10.1. The largest absolute Gasteiger partial charge is 0.457 e. The number of carbonyl (C=O) groups is 2. The van der Waals surface area contributed by atoms with Gasteiger partial charge in [0.05, 0.1) is 6.61 Å². The summed E-state index contributed by atoms with van der Waals surface area (Å²) >= 11 is 0. The Hall–Kier alpha value is -0.940. The summed E-state index contributed by atoms with van der Waals surface area (Å²) in [4.78, 5) is 22.5. The third-order valence-corrected chi connectivity index (χ3v) is 2.60. The lowest BCUT2D eigenvalue weighted by molar-refractivity contribution is -0.156. The molecule has 0 heterocycles. The molecule has 0 saturated heterocycles. The molecule has 0 aromatic heterocycles. The minimum atomic E-state index is -1.12. The smallest absolute Gasteiger partial charge is 0.374 e. The van der Waals surface area contributed by atoms with Crippen molar-refractivity contribution in [3.05, 3.63) is 0 Å². The van der Waals surface area contributed by atoms with Gasteiger partial charge in [-0.15, -0.1) is 0 Å². The fourth-order valence-electron chi connectivity index (χ4n) is 1.47. The summed E-state index contributed by atoms with van der Waals surface area (Å²) in [6, 6.07) is 0. The standard InChI is InChI=1S/C13H24O5/c1-2-3-4-5-6-7-8-12(16)13(17)18-10-11(15)9-14/h11,14-15H,2-10H2,1H3. The third kappa shape index (κ3) is 9.13. The van der Waals surface area contributed by atoms with Crippen LogP contribution in [0.3, 0.4) is 0 Å². The quantitative estimate of drug-likeness (QED) is 0.331. The maximum atomic E-state index is 11.3. The molecule has 0 amide bonds. The Kier molecular flexibility index (Phi) is 10.6. The fourth-order valence-corrected chi connectivity index (χ4v) is 1.47. The van der Waals surface area contributed by atoms with Crippen LogP contribution in [0.5, 0.6) is 0 Å². The second kappa shape index (κ2) is 11.2. The summed E-state index contributed by atoms with van der Waals surface area (Å²) in [6.45, 7) is 1.32. The molecule has 1 atom stereocenters. The highest BCUT2D eigenvalue weighted by Crippen LogP contribution is 2.07. The van der Waals surface area contributed by atoms with Crippen molar-refractivity contribution in [1.29, 1.82) is 0 Å². The summed E-state index contributed by atoms with van der Waals surface area (Å²) in [5, 5.41) is 17.5. The first-order valence-corrected chi connectivity index (χ1v) is 6.60. The number of ether oxygens (including phenoxy) is 1. The Bertz CT molecular complexity index is 240. The van der Waals surface area contributed by atoms with Crippen LogP contribution in [-0.4, -0.2) is 41.3 Å². The van der Waals surface area contributed by atoms with Crippen molar-refractivity contribution in [3.8, 4) is 0 Å². The molecule has 18 heavy (non-hydrogen) atoms. The Labute approximate surface area is 108 Å². The average molecular weight is 260 g/mol. The lowest BCUT2D eigenvalue weighted by Crippen LogP contribution is -2.25. The number of aliphatic hydroxyl groups is 2. The molecule has 2 N–H and O–H groups in total. The summed E-state index contributed by atoms with van der Waals surface area (Å²) in [5.41, 5.74) is 0. The van der Waals surface area contributed by atoms with Crippen LogP contribution in [0.1, 0.15) is 51.9 Å². The second-order valence-electron chi connectivity index (χ2n) is 4.38. The summed E-state index contributed by atoms with van der Waals surface area (Å²) in [6.07, 6.45) is 5.35. The summed E-state index contributed by atoms with van der Waals surface area (Å²) in [7, 11) is 0. The third-order valence-electron chi connectivity index (χ3n) is 2.60. The van der Waals surface area contributed by atoms with E-state index >= 15 is 0 Å². The number of esters is 1. The average Bonchev–Trinajstić information content (AvgIpc) is 2.39. The van der Waals surface area contributed by atoms with Crippen LogP contribution in [0.2, 0.25) is 0 Å². The zero-order valence-corrected chi connectivity index (χ0v) is 11.1. The minimum Gasteiger partial charge on any atom is -0.457 e. The minimum absolute atomic E-state index is 0.195. The van der Waals surface area contributed by atoms with Gasteiger partial charge in [0.2, 0.25) is 5.78 Å². The van der Waals surface area contributed by atoms with E-state index in [1.54, 1.807) is 0 Å². The molecule has 0 aliphatic heterocycles. The molecule has 0 aromatic rings. The van der Waals surface area contributed by atoms with Crippen molar-refractivity contribution in [2.45, 2.75) is 58.0 Å². The highest BCUT2D eigenvalue weighted by atomic mass is 16.5. The van der Waals surface area contributed by atoms with Crippen LogP contribution in [0, 0.1) is 0 Å². The molecule has 1 unspecified atom stereocenters. The molecular weight excluding hydrogens is 236 g/mol. The van der Waals surface area contributed by atoms with E-state index in [4.69, 9.17) is 10.2 Å². The van der Waals surface area contributed by atoms with E-state index in [2.05, 4.69) is 11.7 Å². The zero-order chi connectivity index (χ0) is 13.8. The number of unbranched alkanes of at least 4 members (excludes halogenated alkanes) is 5. The molecule has 5 nitrogen and oxygen atoms in total. The fraction of sp³-hybridized carbons (Fsp3) is 0.846. The number of aliphatic hydroxyl groups excluding tert-OH is 2. The molecule has 0 aromatic carbocycles. The van der Waals surface area contributed by atoms with E-state index in [0.717, 1.165) is 19.3 Å². The van der Waals surface area contributed by atoms with Crippen LogP contribution < -0.4 is 0 Å². The maximum Gasteiger partial charge on any atom is 0.374 e. The van der Waals surface area contributed by atoms with Gasteiger partial charge in [0, 0.05) is 6.42 Å². The van der Waals surface area contributed by atoms with Gasteiger partial charge >= 0.3 is 5.97 Å². The number of hydrogen-bond acceptors (Lipinski definition) is 5. The molecule has 0 aliphatic rings. The first kappa shape index (κ1) is 17.1. The molecule has 0 aliphatic carbocycles.